The highest BCUT2D eigenvalue weighted by molar-refractivity contribution is 7.05. The number of aromatic nitrogens is 1. The number of hydrogen-bond acceptors (Lipinski definition) is 4. The number of carbonyl (C=O) groups excluding carboxylic acids is 1. The van der Waals surface area contributed by atoms with E-state index >= 15 is 0 Å². The zero-order valence-electron chi connectivity index (χ0n) is 11.8. The molecule has 2 aromatic rings. The topological polar surface area (TPSA) is 42.4 Å². The Morgan fingerprint density at radius 3 is 2.62 bits per heavy atom. The summed E-state index contributed by atoms with van der Waals surface area (Å²) in [4.78, 5) is 14.7. The van der Waals surface area contributed by atoms with E-state index in [0.717, 1.165) is 16.2 Å². The third-order valence-electron chi connectivity index (χ3n) is 2.91. The van der Waals surface area contributed by atoms with E-state index in [9.17, 15) is 4.79 Å². The molecule has 0 atom stereocenters. The molecule has 0 saturated heterocycles. The summed E-state index contributed by atoms with van der Waals surface area (Å²) in [5.74, 6) is 0.730. The number of halogens is 1. The summed E-state index contributed by atoms with van der Waals surface area (Å²) in [5, 5.41) is 0. The molecule has 6 heteroatoms. The van der Waals surface area contributed by atoms with Crippen molar-refractivity contribution >= 4 is 29.0 Å². The van der Waals surface area contributed by atoms with Gasteiger partial charge in [-0.1, -0.05) is 12.1 Å². The van der Waals surface area contributed by atoms with E-state index in [-0.39, 0.29) is 11.8 Å². The monoisotopic (exact) mass is 324 g/mol. The molecule has 0 aliphatic heterocycles. The SMILES string of the molecule is CCOc1ccc(CN(Cc2ccns2)C(=O)CCl)cc1. The van der Waals surface area contributed by atoms with Crippen molar-refractivity contribution in [3.05, 3.63) is 47.0 Å². The molecule has 21 heavy (non-hydrogen) atoms. The van der Waals surface area contributed by atoms with Crippen LogP contribution in [0.3, 0.4) is 0 Å². The third-order valence-corrected chi connectivity index (χ3v) is 3.87. The summed E-state index contributed by atoms with van der Waals surface area (Å²) in [6.07, 6.45) is 1.74. The molecule has 0 radical (unpaired) electrons. The molecule has 4 nitrogen and oxygen atoms in total. The molecule has 0 aliphatic rings. The number of hydrogen-bond donors (Lipinski definition) is 0. The van der Waals surface area contributed by atoms with Crippen LogP contribution in [0.25, 0.3) is 0 Å². The minimum absolute atomic E-state index is 0.0180. The molecule has 1 amide bonds. The van der Waals surface area contributed by atoms with Gasteiger partial charge in [0.15, 0.2) is 0 Å². The first-order valence-corrected chi connectivity index (χ1v) is 7.98. The molecular formula is C15H17ClN2O2S. The average Bonchev–Trinajstić information content (AvgIpc) is 3.01. The molecule has 0 unspecified atom stereocenters. The maximum absolute atomic E-state index is 12.0. The first-order valence-electron chi connectivity index (χ1n) is 6.68. The fourth-order valence-corrected chi connectivity index (χ4v) is 2.67. The summed E-state index contributed by atoms with van der Waals surface area (Å²) in [6.45, 7) is 3.64. The van der Waals surface area contributed by atoms with Crippen molar-refractivity contribution in [1.82, 2.24) is 9.27 Å². The minimum Gasteiger partial charge on any atom is -0.494 e. The molecule has 0 N–H and O–H groups in total. The summed E-state index contributed by atoms with van der Waals surface area (Å²) in [7, 11) is 0. The van der Waals surface area contributed by atoms with E-state index in [1.165, 1.54) is 11.5 Å². The molecule has 0 bridgehead atoms. The Kier molecular flexibility index (Phi) is 6.02. The van der Waals surface area contributed by atoms with Gasteiger partial charge in [-0.3, -0.25) is 4.79 Å². The van der Waals surface area contributed by atoms with Gasteiger partial charge in [0.25, 0.3) is 0 Å². The van der Waals surface area contributed by atoms with Gasteiger partial charge in [-0.2, -0.15) is 0 Å². The molecule has 112 valence electrons. The van der Waals surface area contributed by atoms with Crippen LogP contribution in [0.15, 0.2) is 36.5 Å². The highest BCUT2D eigenvalue weighted by Gasteiger charge is 2.14. The van der Waals surface area contributed by atoms with Crippen molar-refractivity contribution in [2.45, 2.75) is 20.0 Å². The molecule has 2 rings (SSSR count). The van der Waals surface area contributed by atoms with Crippen LogP contribution in [0.1, 0.15) is 17.4 Å². The maximum Gasteiger partial charge on any atom is 0.238 e. The van der Waals surface area contributed by atoms with E-state index in [2.05, 4.69) is 4.37 Å². The van der Waals surface area contributed by atoms with Gasteiger partial charge in [0, 0.05) is 17.6 Å². The molecule has 1 aromatic carbocycles. The van der Waals surface area contributed by atoms with E-state index in [0.29, 0.717) is 19.7 Å². The van der Waals surface area contributed by atoms with Crippen molar-refractivity contribution in [3.8, 4) is 5.75 Å². The summed E-state index contributed by atoms with van der Waals surface area (Å²) < 4.78 is 9.47. The highest BCUT2D eigenvalue weighted by Crippen LogP contribution is 2.16. The summed E-state index contributed by atoms with van der Waals surface area (Å²) in [5.41, 5.74) is 1.04. The normalized spacial score (nSPS) is 10.4. The van der Waals surface area contributed by atoms with Gasteiger partial charge in [0.05, 0.1) is 13.2 Å². The number of nitrogens with zero attached hydrogens (tertiary/aromatic N) is 2. The highest BCUT2D eigenvalue weighted by atomic mass is 35.5. The van der Waals surface area contributed by atoms with Crippen molar-refractivity contribution in [2.24, 2.45) is 0 Å². The van der Waals surface area contributed by atoms with Gasteiger partial charge in [0.1, 0.15) is 11.6 Å². The quantitative estimate of drug-likeness (QED) is 0.734. The Hall–Kier alpha value is -1.59. The lowest BCUT2D eigenvalue weighted by Crippen LogP contribution is -2.30. The second-order valence-corrected chi connectivity index (χ2v) is 5.62. The van der Waals surface area contributed by atoms with Gasteiger partial charge in [0.2, 0.25) is 5.91 Å². The Balaban J connectivity index is 2.05. The Morgan fingerprint density at radius 2 is 2.05 bits per heavy atom. The summed E-state index contributed by atoms with van der Waals surface area (Å²) in [6, 6.07) is 9.67. The van der Waals surface area contributed by atoms with Crippen LogP contribution in [0, 0.1) is 0 Å². The zero-order chi connectivity index (χ0) is 15.1. The second kappa shape index (κ2) is 8.00. The van der Waals surface area contributed by atoms with Gasteiger partial charge in [-0.25, -0.2) is 4.37 Å². The van der Waals surface area contributed by atoms with Crippen LogP contribution in [0.2, 0.25) is 0 Å². The molecule has 0 saturated carbocycles. The largest absolute Gasteiger partial charge is 0.494 e. The van der Waals surface area contributed by atoms with E-state index in [4.69, 9.17) is 16.3 Å². The number of ether oxygens (including phenoxy) is 1. The molecule has 1 heterocycles. The first-order chi connectivity index (χ1) is 10.2. The van der Waals surface area contributed by atoms with E-state index < -0.39 is 0 Å². The summed E-state index contributed by atoms with van der Waals surface area (Å²) >= 11 is 7.09. The van der Waals surface area contributed by atoms with Crippen LogP contribution in [0.5, 0.6) is 5.75 Å². The Bertz CT molecular complexity index is 558. The predicted octanol–water partition coefficient (Wildman–Crippen LogP) is 3.31. The molecule has 0 fully saturated rings. The standard InChI is InChI=1S/C15H17ClN2O2S/c1-2-20-13-5-3-12(4-6-13)10-18(15(19)9-16)11-14-7-8-17-21-14/h3-8H,2,9-11H2,1H3. The molecular weight excluding hydrogens is 308 g/mol. The van der Waals surface area contributed by atoms with Crippen LogP contribution >= 0.6 is 23.1 Å². The smallest absolute Gasteiger partial charge is 0.238 e. The van der Waals surface area contributed by atoms with Gasteiger partial charge >= 0.3 is 0 Å². The zero-order valence-corrected chi connectivity index (χ0v) is 13.4. The van der Waals surface area contributed by atoms with E-state index in [1.54, 1.807) is 11.1 Å². The molecule has 1 aromatic heterocycles. The molecule has 0 spiro atoms. The minimum atomic E-state index is -0.0843. The second-order valence-electron chi connectivity index (χ2n) is 4.44. The Morgan fingerprint density at radius 1 is 1.29 bits per heavy atom. The van der Waals surface area contributed by atoms with Crippen LogP contribution in [-0.2, 0) is 17.9 Å². The number of alkyl halides is 1. The van der Waals surface area contributed by atoms with Crippen molar-refractivity contribution in [1.29, 1.82) is 0 Å². The lowest BCUT2D eigenvalue weighted by atomic mass is 10.2. The number of rotatable bonds is 7. The van der Waals surface area contributed by atoms with Gasteiger partial charge in [-0.15, -0.1) is 11.6 Å². The fraction of sp³-hybridized carbons (Fsp3) is 0.333. The van der Waals surface area contributed by atoms with Crippen molar-refractivity contribution < 1.29 is 9.53 Å². The number of amides is 1. The fourth-order valence-electron chi connectivity index (χ4n) is 1.91. The number of carbonyl (C=O) groups is 1. The average molecular weight is 325 g/mol. The van der Waals surface area contributed by atoms with E-state index in [1.807, 2.05) is 37.3 Å². The maximum atomic E-state index is 12.0. The predicted molar refractivity (Wildman–Crippen MR) is 84.7 cm³/mol. The van der Waals surface area contributed by atoms with Crippen molar-refractivity contribution in [2.75, 3.05) is 12.5 Å². The van der Waals surface area contributed by atoms with Gasteiger partial charge in [-0.05, 0) is 42.2 Å². The van der Waals surface area contributed by atoms with Crippen molar-refractivity contribution in [3.63, 3.8) is 0 Å². The number of benzene rings is 1. The first kappa shape index (κ1) is 15.8. The van der Waals surface area contributed by atoms with Crippen LogP contribution in [-0.4, -0.2) is 27.7 Å². The molecule has 0 aliphatic carbocycles. The lowest BCUT2D eigenvalue weighted by Gasteiger charge is -2.21. The third kappa shape index (κ3) is 4.72. The van der Waals surface area contributed by atoms with Crippen LogP contribution in [0.4, 0.5) is 0 Å². The van der Waals surface area contributed by atoms with Crippen LogP contribution < -0.4 is 4.74 Å². The lowest BCUT2D eigenvalue weighted by molar-refractivity contribution is -0.129. The van der Waals surface area contributed by atoms with Gasteiger partial charge < -0.3 is 9.64 Å². The Labute approximate surface area is 133 Å².